The molecule has 0 saturated heterocycles. The van der Waals surface area contributed by atoms with Crippen molar-refractivity contribution in [2.24, 2.45) is 0 Å². The van der Waals surface area contributed by atoms with Crippen molar-refractivity contribution in [2.45, 2.75) is 84.4 Å². The highest BCUT2D eigenvalue weighted by Gasteiger charge is 2.33. The van der Waals surface area contributed by atoms with Gasteiger partial charge in [-0.1, -0.05) is 92.4 Å². The summed E-state index contributed by atoms with van der Waals surface area (Å²) in [5.74, 6) is 0.940. The molecule has 0 aromatic heterocycles. The largest absolute Gasteiger partial charge is 0.467 e. The highest BCUT2D eigenvalue weighted by molar-refractivity contribution is 7.48. The molecule has 0 aliphatic carbocycles. The van der Waals surface area contributed by atoms with Crippen LogP contribution in [-0.4, -0.2) is 19.0 Å². The van der Waals surface area contributed by atoms with E-state index in [9.17, 15) is 5.11 Å². The molecule has 0 heterocycles. The lowest BCUT2D eigenvalue weighted by atomic mass is 9.82. The van der Waals surface area contributed by atoms with Gasteiger partial charge in [-0.05, 0) is 47.7 Å². The van der Waals surface area contributed by atoms with Gasteiger partial charge in [0, 0.05) is 17.8 Å². The molecule has 0 fully saturated rings. The molecule has 2 aromatic rings. The van der Waals surface area contributed by atoms with Crippen LogP contribution in [0, 0.1) is 6.92 Å². The number of hydrogen-bond donors (Lipinski definition) is 1. The van der Waals surface area contributed by atoms with Crippen LogP contribution in [0.3, 0.4) is 0 Å². The lowest BCUT2D eigenvalue weighted by molar-refractivity contribution is 0.0495. The van der Waals surface area contributed by atoms with Gasteiger partial charge in [0.2, 0.25) is 0 Å². The number of methoxy groups -OCH3 is 1. The van der Waals surface area contributed by atoms with E-state index in [-0.39, 0.29) is 17.4 Å². The van der Waals surface area contributed by atoms with Gasteiger partial charge in [-0.2, -0.15) is 0 Å². The van der Waals surface area contributed by atoms with Crippen molar-refractivity contribution in [3.8, 4) is 5.75 Å². The van der Waals surface area contributed by atoms with E-state index in [0.717, 1.165) is 36.1 Å². The molecular weight excluding hydrogens is 403 g/mol. The Morgan fingerprint density at radius 3 is 2.35 bits per heavy atom. The summed E-state index contributed by atoms with van der Waals surface area (Å²) in [4.78, 5) is 0. The Labute approximate surface area is 191 Å². The Balaban J connectivity index is 2.69. The van der Waals surface area contributed by atoms with Crippen molar-refractivity contribution >= 4 is 13.9 Å². The number of aryl methyl sites for hydroxylation is 1. The molecule has 0 bridgehead atoms. The maximum absolute atomic E-state index is 10.4. The Kier molecular flexibility index (Phi) is 9.13. The van der Waals surface area contributed by atoms with Crippen LogP contribution in [0.4, 0.5) is 0 Å². The van der Waals surface area contributed by atoms with Crippen LogP contribution in [0.25, 0.3) is 0 Å². The number of hydrogen-bond acceptors (Lipinski definition) is 3. The van der Waals surface area contributed by atoms with Gasteiger partial charge in [0.15, 0.2) is 6.79 Å². The van der Waals surface area contributed by atoms with E-state index in [4.69, 9.17) is 9.47 Å². The number of aliphatic hydroxyl groups is 1. The molecule has 0 aliphatic rings. The summed E-state index contributed by atoms with van der Waals surface area (Å²) >= 11 is 0. The molecule has 31 heavy (non-hydrogen) atoms. The molecular formula is C27H41O3P. The fraction of sp³-hybridized carbons (Fsp3) is 0.556. The van der Waals surface area contributed by atoms with Crippen molar-refractivity contribution in [1.82, 2.24) is 0 Å². The first-order valence-corrected chi connectivity index (χ1v) is 12.4. The standard InChI is InChI=1S/C27H41O3P/c1-9-10-15-27(7,31-24-14-12-11-13-22(24)20(3)28)23-17-21(26(4,5)6)16-19(2)25(23)30-18-29-8/h11-14,16-17,20,28,31H,9-10,15,18H2,1-8H3. The second-order valence-corrected chi connectivity index (χ2v) is 11.7. The zero-order valence-corrected chi connectivity index (χ0v) is 21.6. The monoisotopic (exact) mass is 444 g/mol. The van der Waals surface area contributed by atoms with Gasteiger partial charge < -0.3 is 14.6 Å². The smallest absolute Gasteiger partial charge is 0.188 e. The molecule has 3 atom stereocenters. The predicted octanol–water partition coefficient (Wildman–Crippen LogP) is 6.74. The molecule has 0 aliphatic heterocycles. The SMILES string of the molecule is CCCCC(C)(Pc1ccccc1C(C)O)c1cc(C(C)(C)C)cc(C)c1OCOC. The molecule has 0 spiro atoms. The Hall–Kier alpha value is -1.41. The van der Waals surface area contributed by atoms with Crippen LogP contribution in [0.2, 0.25) is 0 Å². The normalized spacial score (nSPS) is 15.3. The van der Waals surface area contributed by atoms with Gasteiger partial charge in [0.05, 0.1) is 6.10 Å². The van der Waals surface area contributed by atoms with Crippen LogP contribution in [0.15, 0.2) is 36.4 Å². The maximum Gasteiger partial charge on any atom is 0.188 e. The van der Waals surface area contributed by atoms with Gasteiger partial charge in [0.25, 0.3) is 0 Å². The summed E-state index contributed by atoms with van der Waals surface area (Å²) in [6, 6.07) is 12.9. The van der Waals surface area contributed by atoms with E-state index < -0.39 is 6.10 Å². The predicted molar refractivity (Wildman–Crippen MR) is 134 cm³/mol. The van der Waals surface area contributed by atoms with E-state index in [1.54, 1.807) is 7.11 Å². The fourth-order valence-electron chi connectivity index (χ4n) is 3.99. The highest BCUT2D eigenvalue weighted by Crippen LogP contribution is 2.50. The Bertz CT molecular complexity index is 854. The number of ether oxygens (including phenoxy) is 2. The van der Waals surface area contributed by atoms with E-state index in [1.165, 1.54) is 16.4 Å². The molecule has 2 rings (SSSR count). The molecule has 3 unspecified atom stereocenters. The fourth-order valence-corrected chi connectivity index (χ4v) is 5.83. The summed E-state index contributed by atoms with van der Waals surface area (Å²) in [7, 11) is 2.19. The van der Waals surface area contributed by atoms with Crippen LogP contribution < -0.4 is 10.0 Å². The van der Waals surface area contributed by atoms with E-state index in [0.29, 0.717) is 8.58 Å². The molecule has 4 heteroatoms. The molecule has 0 saturated carbocycles. The Morgan fingerprint density at radius 1 is 1.10 bits per heavy atom. The average Bonchev–Trinajstić information content (AvgIpc) is 2.70. The van der Waals surface area contributed by atoms with Crippen molar-refractivity contribution in [3.63, 3.8) is 0 Å². The van der Waals surface area contributed by atoms with Crippen molar-refractivity contribution in [2.75, 3.05) is 13.9 Å². The van der Waals surface area contributed by atoms with Crippen LogP contribution in [0.1, 0.15) is 89.2 Å². The quantitative estimate of drug-likeness (QED) is 0.326. The van der Waals surface area contributed by atoms with Crippen LogP contribution in [-0.2, 0) is 15.3 Å². The van der Waals surface area contributed by atoms with Crippen molar-refractivity contribution < 1.29 is 14.6 Å². The highest BCUT2D eigenvalue weighted by atomic mass is 31.1. The van der Waals surface area contributed by atoms with Gasteiger partial charge in [-0.15, -0.1) is 0 Å². The number of rotatable bonds is 10. The molecule has 0 radical (unpaired) electrons. The summed E-state index contributed by atoms with van der Waals surface area (Å²) in [5, 5.41) is 11.5. The topological polar surface area (TPSA) is 38.7 Å². The zero-order chi connectivity index (χ0) is 23.2. The third-order valence-electron chi connectivity index (χ3n) is 5.91. The van der Waals surface area contributed by atoms with Crippen molar-refractivity contribution in [3.05, 3.63) is 58.7 Å². The molecule has 0 amide bonds. The van der Waals surface area contributed by atoms with E-state index >= 15 is 0 Å². The summed E-state index contributed by atoms with van der Waals surface area (Å²) < 4.78 is 11.4. The van der Waals surface area contributed by atoms with Gasteiger partial charge in [0.1, 0.15) is 5.75 Å². The number of benzene rings is 2. The molecule has 172 valence electrons. The Morgan fingerprint density at radius 2 is 1.77 bits per heavy atom. The average molecular weight is 445 g/mol. The molecule has 3 nitrogen and oxygen atoms in total. The minimum absolute atomic E-state index is 0.0472. The third-order valence-corrected chi connectivity index (χ3v) is 7.70. The lowest BCUT2D eigenvalue weighted by Crippen LogP contribution is -2.24. The van der Waals surface area contributed by atoms with Gasteiger partial charge in [-0.25, -0.2) is 0 Å². The van der Waals surface area contributed by atoms with E-state index in [2.05, 4.69) is 65.8 Å². The summed E-state index contributed by atoms with van der Waals surface area (Å²) in [6.45, 7) is 15.6. The maximum atomic E-state index is 10.4. The van der Waals surface area contributed by atoms with E-state index in [1.807, 2.05) is 19.1 Å². The summed E-state index contributed by atoms with van der Waals surface area (Å²) in [5.41, 5.74) is 4.79. The number of unbranched alkanes of at least 4 members (excludes halogenated alkanes) is 1. The summed E-state index contributed by atoms with van der Waals surface area (Å²) in [6.07, 6.45) is 2.87. The van der Waals surface area contributed by atoms with Crippen molar-refractivity contribution in [1.29, 1.82) is 0 Å². The van der Waals surface area contributed by atoms with Gasteiger partial charge in [-0.3, -0.25) is 0 Å². The van der Waals surface area contributed by atoms with Crippen LogP contribution >= 0.6 is 8.58 Å². The van der Waals surface area contributed by atoms with Gasteiger partial charge >= 0.3 is 0 Å². The first kappa shape index (κ1) is 25.8. The molecule has 2 aromatic carbocycles. The zero-order valence-electron chi connectivity index (χ0n) is 20.6. The first-order valence-electron chi connectivity index (χ1n) is 11.4. The second kappa shape index (κ2) is 10.9. The number of aliphatic hydroxyl groups excluding tert-OH is 1. The second-order valence-electron chi connectivity index (χ2n) is 9.79. The lowest BCUT2D eigenvalue weighted by Gasteiger charge is -2.35. The minimum atomic E-state index is -0.481. The van der Waals surface area contributed by atoms with Crippen LogP contribution in [0.5, 0.6) is 5.75 Å². The minimum Gasteiger partial charge on any atom is -0.467 e. The first-order chi connectivity index (χ1) is 14.5. The third kappa shape index (κ3) is 6.54. The molecule has 1 N–H and O–H groups in total.